The van der Waals surface area contributed by atoms with Crippen molar-refractivity contribution >= 4 is 23.1 Å². The fourth-order valence-corrected chi connectivity index (χ4v) is 2.82. The third-order valence-corrected chi connectivity index (χ3v) is 3.88. The van der Waals surface area contributed by atoms with Crippen molar-refractivity contribution in [1.29, 1.82) is 0 Å². The molecule has 0 spiro atoms. The Morgan fingerprint density at radius 2 is 1.71 bits per heavy atom. The van der Waals surface area contributed by atoms with Gasteiger partial charge < -0.3 is 15.4 Å². The highest BCUT2D eigenvalue weighted by molar-refractivity contribution is 6.03. The summed E-state index contributed by atoms with van der Waals surface area (Å²) in [6.07, 6.45) is 3.00. The van der Waals surface area contributed by atoms with Gasteiger partial charge in [-0.2, -0.15) is 0 Å². The minimum Gasteiger partial charge on any atom is -0.489 e. The quantitative estimate of drug-likeness (QED) is 0.641. The van der Waals surface area contributed by atoms with Crippen molar-refractivity contribution in [2.75, 3.05) is 10.6 Å². The second-order valence-electron chi connectivity index (χ2n) is 6.91. The molecule has 6 nitrogen and oxygen atoms in total. The number of carbonyl (C=O) groups excluding carboxylic acids is 1. The zero-order valence-electron chi connectivity index (χ0n) is 16.5. The van der Waals surface area contributed by atoms with Gasteiger partial charge >= 0.3 is 0 Å². The molecule has 0 fully saturated rings. The number of hydrogen-bond acceptors (Lipinski definition) is 5. The number of nitrogens with one attached hydrogen (secondary N) is 2. The average Bonchev–Trinajstić information content (AvgIpc) is 2.62. The number of hydrogen-bond donors (Lipinski definition) is 2. The Balaban J connectivity index is 1.70. The third kappa shape index (κ3) is 5.07. The molecule has 0 aliphatic rings. The van der Waals surface area contributed by atoms with Crippen LogP contribution in [0, 0.1) is 13.8 Å². The van der Waals surface area contributed by atoms with E-state index in [2.05, 4.69) is 26.7 Å². The minimum atomic E-state index is -0.342. The number of benzene rings is 2. The molecule has 0 unspecified atom stereocenters. The van der Waals surface area contributed by atoms with E-state index in [4.69, 9.17) is 4.74 Å². The Morgan fingerprint density at radius 1 is 1.00 bits per heavy atom. The summed E-state index contributed by atoms with van der Waals surface area (Å²) in [5.74, 6) is 0.849. The van der Waals surface area contributed by atoms with Crippen molar-refractivity contribution in [3.63, 3.8) is 0 Å². The van der Waals surface area contributed by atoms with Crippen LogP contribution in [0.5, 0.6) is 5.75 Å². The summed E-state index contributed by atoms with van der Waals surface area (Å²) in [5, 5.41) is 6.04. The van der Waals surface area contributed by atoms with Crippen molar-refractivity contribution in [3.8, 4) is 5.75 Å². The summed E-state index contributed by atoms with van der Waals surface area (Å²) in [7, 11) is 0. The molecule has 0 aliphatic carbocycles. The lowest BCUT2D eigenvalue weighted by molar-refractivity contribution is 0.102. The molecule has 1 amide bonds. The van der Waals surface area contributed by atoms with Crippen molar-refractivity contribution in [2.24, 2.45) is 0 Å². The van der Waals surface area contributed by atoms with Gasteiger partial charge in [-0.1, -0.05) is 18.2 Å². The van der Waals surface area contributed by atoms with E-state index < -0.39 is 0 Å². The number of aryl methyl sites for hydroxylation is 2. The number of carbonyl (C=O) groups is 1. The summed E-state index contributed by atoms with van der Waals surface area (Å²) in [4.78, 5) is 21.1. The van der Waals surface area contributed by atoms with Crippen molar-refractivity contribution in [3.05, 3.63) is 71.7 Å². The molecule has 28 heavy (non-hydrogen) atoms. The Kier molecular flexibility index (Phi) is 5.89. The van der Waals surface area contributed by atoms with E-state index in [0.717, 1.165) is 16.8 Å². The van der Waals surface area contributed by atoms with E-state index in [0.29, 0.717) is 17.3 Å². The lowest BCUT2D eigenvalue weighted by atomic mass is 10.1. The van der Waals surface area contributed by atoms with Gasteiger partial charge in [0.2, 0.25) is 0 Å². The highest BCUT2D eigenvalue weighted by Crippen LogP contribution is 2.25. The first-order valence-electron chi connectivity index (χ1n) is 9.15. The molecule has 0 saturated carbocycles. The van der Waals surface area contributed by atoms with E-state index in [9.17, 15) is 4.79 Å². The van der Waals surface area contributed by atoms with Gasteiger partial charge in [0, 0.05) is 5.69 Å². The number of ether oxygens (including phenoxy) is 1. The van der Waals surface area contributed by atoms with E-state index >= 15 is 0 Å². The van der Waals surface area contributed by atoms with Gasteiger partial charge in [0.15, 0.2) is 0 Å². The fraction of sp³-hybridized carbons (Fsp3) is 0.227. The van der Waals surface area contributed by atoms with Gasteiger partial charge in [0.1, 0.15) is 17.3 Å². The van der Waals surface area contributed by atoms with E-state index in [1.54, 1.807) is 12.3 Å². The summed E-state index contributed by atoms with van der Waals surface area (Å²) >= 11 is 0. The van der Waals surface area contributed by atoms with Gasteiger partial charge in [0.25, 0.3) is 5.91 Å². The molecule has 0 aliphatic heterocycles. The Bertz CT molecular complexity index is 948. The molecule has 0 radical (unpaired) electrons. The summed E-state index contributed by atoms with van der Waals surface area (Å²) < 4.78 is 5.73. The lowest BCUT2D eigenvalue weighted by Gasteiger charge is -2.14. The Labute approximate surface area is 165 Å². The molecule has 144 valence electrons. The summed E-state index contributed by atoms with van der Waals surface area (Å²) in [6.45, 7) is 7.95. The van der Waals surface area contributed by atoms with Crippen LogP contribution in [-0.2, 0) is 0 Å². The maximum Gasteiger partial charge on any atom is 0.275 e. The van der Waals surface area contributed by atoms with Crippen molar-refractivity contribution < 1.29 is 9.53 Å². The topological polar surface area (TPSA) is 76.1 Å². The fourth-order valence-electron chi connectivity index (χ4n) is 2.82. The molecule has 2 aromatic carbocycles. The number of nitrogens with zero attached hydrogens (tertiary/aromatic N) is 2. The first kappa shape index (κ1) is 19.4. The number of anilines is 3. The van der Waals surface area contributed by atoms with Gasteiger partial charge in [-0.3, -0.25) is 4.79 Å². The van der Waals surface area contributed by atoms with E-state index in [1.165, 1.54) is 6.20 Å². The molecule has 0 bridgehead atoms. The monoisotopic (exact) mass is 376 g/mol. The molecule has 0 saturated heterocycles. The second-order valence-corrected chi connectivity index (χ2v) is 6.91. The molecule has 1 heterocycles. The maximum atomic E-state index is 12.5. The molecule has 3 rings (SSSR count). The summed E-state index contributed by atoms with van der Waals surface area (Å²) in [5.41, 5.74) is 4.08. The molecule has 6 heteroatoms. The van der Waals surface area contributed by atoms with Crippen LogP contribution in [0.15, 0.2) is 54.9 Å². The summed E-state index contributed by atoms with van der Waals surface area (Å²) in [6, 6.07) is 13.5. The standard InChI is InChI=1S/C22H24N4O2/c1-14(2)28-20-8-6-5-7-18(20)26-22(27)19-12-24-21(13-23-19)25-17-10-15(3)9-16(4)11-17/h5-14H,1-4H3,(H,24,25)(H,26,27). The van der Waals surface area contributed by atoms with Crippen LogP contribution in [0.3, 0.4) is 0 Å². The average molecular weight is 376 g/mol. The van der Waals surface area contributed by atoms with Crippen LogP contribution in [-0.4, -0.2) is 22.0 Å². The van der Waals surface area contributed by atoms with Gasteiger partial charge in [-0.15, -0.1) is 0 Å². The number of para-hydroxylation sites is 2. The van der Waals surface area contributed by atoms with Crippen molar-refractivity contribution in [2.45, 2.75) is 33.8 Å². The zero-order valence-corrected chi connectivity index (χ0v) is 16.5. The van der Waals surface area contributed by atoms with Crippen LogP contribution >= 0.6 is 0 Å². The third-order valence-electron chi connectivity index (χ3n) is 3.88. The highest BCUT2D eigenvalue weighted by Gasteiger charge is 2.12. The Morgan fingerprint density at radius 3 is 2.36 bits per heavy atom. The molecule has 1 aromatic heterocycles. The second kappa shape index (κ2) is 8.52. The highest BCUT2D eigenvalue weighted by atomic mass is 16.5. The first-order chi connectivity index (χ1) is 13.4. The van der Waals surface area contributed by atoms with E-state index in [1.807, 2.05) is 58.0 Å². The van der Waals surface area contributed by atoms with Crippen LogP contribution < -0.4 is 15.4 Å². The van der Waals surface area contributed by atoms with Crippen LogP contribution in [0.25, 0.3) is 0 Å². The van der Waals surface area contributed by atoms with Crippen LogP contribution in [0.2, 0.25) is 0 Å². The number of rotatable bonds is 6. The molecule has 0 atom stereocenters. The van der Waals surface area contributed by atoms with Crippen LogP contribution in [0.4, 0.5) is 17.2 Å². The first-order valence-corrected chi connectivity index (χ1v) is 9.15. The molecular formula is C22H24N4O2. The normalized spacial score (nSPS) is 10.6. The largest absolute Gasteiger partial charge is 0.489 e. The van der Waals surface area contributed by atoms with Gasteiger partial charge in [-0.25, -0.2) is 9.97 Å². The smallest absolute Gasteiger partial charge is 0.275 e. The minimum absolute atomic E-state index is 0.00783. The SMILES string of the molecule is Cc1cc(C)cc(Nc2cnc(C(=O)Nc3ccccc3OC(C)C)cn2)c1. The Hall–Kier alpha value is -3.41. The molecule has 3 aromatic rings. The maximum absolute atomic E-state index is 12.5. The van der Waals surface area contributed by atoms with Crippen molar-refractivity contribution in [1.82, 2.24) is 9.97 Å². The predicted octanol–water partition coefficient (Wildman–Crippen LogP) is 4.88. The molecular weight excluding hydrogens is 352 g/mol. The molecule has 2 N–H and O–H groups in total. The zero-order chi connectivity index (χ0) is 20.1. The van der Waals surface area contributed by atoms with Gasteiger partial charge in [-0.05, 0) is 63.1 Å². The number of aromatic nitrogens is 2. The lowest BCUT2D eigenvalue weighted by Crippen LogP contribution is -2.16. The van der Waals surface area contributed by atoms with Crippen LogP contribution in [0.1, 0.15) is 35.5 Å². The predicted molar refractivity (Wildman–Crippen MR) is 111 cm³/mol. The number of amides is 1. The van der Waals surface area contributed by atoms with E-state index in [-0.39, 0.29) is 17.7 Å². The van der Waals surface area contributed by atoms with Gasteiger partial charge in [0.05, 0.1) is 24.2 Å².